The molecule has 0 bridgehead atoms. The van der Waals surface area contributed by atoms with Crippen LogP contribution in [0.25, 0.3) is 61.3 Å². The molecule has 0 aliphatic carbocycles. The first kappa shape index (κ1) is 24.3. The summed E-state index contributed by atoms with van der Waals surface area (Å²) in [5, 5.41) is 1.94. The zero-order chi connectivity index (χ0) is 27.6. The van der Waals surface area contributed by atoms with E-state index in [9.17, 15) is 0 Å². The van der Waals surface area contributed by atoms with Crippen molar-refractivity contribution in [3.63, 3.8) is 0 Å². The van der Waals surface area contributed by atoms with Crippen molar-refractivity contribution in [1.82, 2.24) is 19.5 Å². The van der Waals surface area contributed by atoms with Crippen LogP contribution in [0, 0.1) is 13.8 Å². The van der Waals surface area contributed by atoms with Crippen LogP contribution in [0.3, 0.4) is 0 Å². The Balaban J connectivity index is 1.59. The third-order valence-corrected chi connectivity index (χ3v) is 7.68. The quantitative estimate of drug-likeness (QED) is 0.232. The van der Waals surface area contributed by atoms with E-state index >= 15 is 0 Å². The van der Waals surface area contributed by atoms with Gasteiger partial charge in [0.1, 0.15) is 0 Å². The lowest BCUT2D eigenvalue weighted by Gasteiger charge is -2.23. The van der Waals surface area contributed by atoms with Gasteiger partial charge in [-0.05, 0) is 66.8 Å². The second-order valence-electron chi connectivity index (χ2n) is 11.5. The van der Waals surface area contributed by atoms with Crippen LogP contribution in [0.2, 0.25) is 0 Å². The van der Waals surface area contributed by atoms with E-state index in [0.717, 1.165) is 67.0 Å². The normalized spacial score (nSPS) is 12.1. The average molecular weight is 523 g/mol. The number of rotatable bonds is 3. The fourth-order valence-corrected chi connectivity index (χ4v) is 5.56. The van der Waals surface area contributed by atoms with E-state index in [1.165, 1.54) is 5.56 Å². The second-order valence-corrected chi connectivity index (χ2v) is 11.5. The molecule has 0 spiro atoms. The highest BCUT2D eigenvalue weighted by Gasteiger charge is 2.24. The summed E-state index contributed by atoms with van der Waals surface area (Å²) in [7, 11) is 0. The van der Waals surface area contributed by atoms with Gasteiger partial charge in [-0.2, -0.15) is 0 Å². The van der Waals surface area contributed by atoms with Crippen molar-refractivity contribution in [1.29, 1.82) is 0 Å². The summed E-state index contributed by atoms with van der Waals surface area (Å²) in [6.07, 6.45) is 1.89. The molecule has 5 nitrogen and oxygen atoms in total. The predicted octanol–water partition coefficient (Wildman–Crippen LogP) is 8.96. The van der Waals surface area contributed by atoms with E-state index in [1.807, 2.05) is 32.2 Å². The lowest BCUT2D eigenvalue weighted by Crippen LogP contribution is -2.12. The van der Waals surface area contributed by atoms with Crippen LogP contribution in [-0.2, 0) is 5.41 Å². The van der Waals surface area contributed by atoms with Crippen molar-refractivity contribution in [3.8, 4) is 28.2 Å². The Bertz CT molecular complexity index is 2060. The van der Waals surface area contributed by atoms with E-state index in [4.69, 9.17) is 14.4 Å². The monoisotopic (exact) mass is 522 g/mol. The first-order chi connectivity index (χ1) is 19.3. The summed E-state index contributed by atoms with van der Waals surface area (Å²) >= 11 is 0. The van der Waals surface area contributed by atoms with Crippen LogP contribution >= 0.6 is 0 Å². The van der Waals surface area contributed by atoms with Crippen molar-refractivity contribution >= 4 is 33.1 Å². The Kier molecular flexibility index (Phi) is 5.39. The van der Waals surface area contributed by atoms with Crippen LogP contribution in [-0.4, -0.2) is 19.5 Å². The first-order valence-electron chi connectivity index (χ1n) is 13.6. The summed E-state index contributed by atoms with van der Waals surface area (Å²) in [5.74, 6) is 0.787. The zero-order valence-corrected chi connectivity index (χ0v) is 23.4. The second kappa shape index (κ2) is 8.88. The Morgan fingerprint density at radius 2 is 1.55 bits per heavy atom. The first-order valence-corrected chi connectivity index (χ1v) is 13.6. The zero-order valence-electron chi connectivity index (χ0n) is 23.4. The van der Waals surface area contributed by atoms with Gasteiger partial charge in [-0.15, -0.1) is 0 Å². The molecule has 0 fully saturated rings. The minimum atomic E-state index is 0.00828. The SMILES string of the molecule is Cc1ccc2c(n1)oc1c(-c3nc4ccccc4n3-c3ccc(C(C)(C)C)cc3-c3ccccc3)cnc(C)c12. The molecule has 7 aromatic rings. The molecule has 4 heterocycles. The largest absolute Gasteiger partial charge is 0.437 e. The molecule has 0 saturated heterocycles. The van der Waals surface area contributed by atoms with Crippen molar-refractivity contribution in [3.05, 3.63) is 108 Å². The molecule has 0 N–H and O–H groups in total. The van der Waals surface area contributed by atoms with E-state index < -0.39 is 0 Å². The molecule has 3 aromatic carbocycles. The van der Waals surface area contributed by atoms with Gasteiger partial charge in [0.2, 0.25) is 5.71 Å². The molecular weight excluding hydrogens is 492 g/mol. The number of hydrogen-bond donors (Lipinski definition) is 0. The molecule has 0 aliphatic rings. The molecule has 4 aromatic heterocycles. The smallest absolute Gasteiger partial charge is 0.227 e. The van der Waals surface area contributed by atoms with Gasteiger partial charge in [-0.3, -0.25) is 9.55 Å². The van der Waals surface area contributed by atoms with Crippen LogP contribution in [0.5, 0.6) is 0 Å². The number of imidazole rings is 1. The Morgan fingerprint density at radius 1 is 0.775 bits per heavy atom. The van der Waals surface area contributed by atoms with E-state index in [0.29, 0.717) is 5.71 Å². The highest BCUT2D eigenvalue weighted by Crippen LogP contribution is 2.40. The lowest BCUT2D eigenvalue weighted by molar-refractivity contribution is 0.590. The van der Waals surface area contributed by atoms with Crippen molar-refractivity contribution in [2.24, 2.45) is 0 Å². The summed E-state index contributed by atoms with van der Waals surface area (Å²) in [5.41, 5.74) is 10.6. The average Bonchev–Trinajstić information content (AvgIpc) is 3.52. The molecule has 0 radical (unpaired) electrons. The van der Waals surface area contributed by atoms with Gasteiger partial charge in [0.15, 0.2) is 11.4 Å². The standard InChI is InChI=1S/C35H30N4O/c1-21-15-17-25-31-22(2)36-20-27(32(31)40-34(25)37-21)33-38-28-13-9-10-14-30(28)39(33)29-18-16-24(35(3,4)5)19-26(29)23-11-7-6-8-12-23/h6-20H,1-5H3. The molecule has 0 unspecified atom stereocenters. The highest BCUT2D eigenvalue weighted by molar-refractivity contribution is 6.09. The maximum atomic E-state index is 6.46. The molecule has 196 valence electrons. The Morgan fingerprint density at radius 3 is 2.35 bits per heavy atom. The van der Waals surface area contributed by atoms with Gasteiger partial charge < -0.3 is 4.42 Å². The van der Waals surface area contributed by atoms with E-state index in [2.05, 4.69) is 103 Å². The maximum absolute atomic E-state index is 6.46. The number of furan rings is 1. The molecule has 5 heteroatoms. The van der Waals surface area contributed by atoms with Crippen molar-refractivity contribution < 1.29 is 4.42 Å². The third kappa shape index (κ3) is 3.81. The molecular formula is C35H30N4O. The van der Waals surface area contributed by atoms with Gasteiger partial charge in [0.05, 0.1) is 33.1 Å². The van der Waals surface area contributed by atoms with Gasteiger partial charge in [-0.1, -0.05) is 69.3 Å². The van der Waals surface area contributed by atoms with Gasteiger partial charge in [0, 0.05) is 23.1 Å². The third-order valence-electron chi connectivity index (χ3n) is 7.68. The molecule has 0 amide bonds. The predicted molar refractivity (Wildman–Crippen MR) is 163 cm³/mol. The van der Waals surface area contributed by atoms with Crippen LogP contribution < -0.4 is 0 Å². The van der Waals surface area contributed by atoms with Crippen LogP contribution in [0.1, 0.15) is 37.7 Å². The summed E-state index contributed by atoms with van der Waals surface area (Å²) in [6, 6.07) is 29.7. The number of hydrogen-bond acceptors (Lipinski definition) is 4. The maximum Gasteiger partial charge on any atom is 0.227 e. The Hall–Kier alpha value is -4.77. The number of pyridine rings is 2. The molecule has 0 atom stereocenters. The summed E-state index contributed by atoms with van der Waals surface area (Å²) in [6.45, 7) is 10.7. The fraction of sp³-hybridized carbons (Fsp3) is 0.171. The number of para-hydroxylation sites is 2. The lowest BCUT2D eigenvalue weighted by atomic mass is 9.85. The van der Waals surface area contributed by atoms with Crippen LogP contribution in [0.15, 0.2) is 95.5 Å². The number of aromatic nitrogens is 4. The number of aryl methyl sites for hydroxylation is 2. The number of nitrogens with zero attached hydrogens (tertiary/aromatic N) is 4. The summed E-state index contributed by atoms with van der Waals surface area (Å²) in [4.78, 5) is 14.7. The number of fused-ring (bicyclic) bond motifs is 4. The minimum Gasteiger partial charge on any atom is -0.437 e. The molecule has 0 aliphatic heterocycles. The van der Waals surface area contributed by atoms with Gasteiger partial charge in [-0.25, -0.2) is 9.97 Å². The molecule has 7 rings (SSSR count). The Labute approximate surface area is 233 Å². The van der Waals surface area contributed by atoms with Gasteiger partial charge >= 0.3 is 0 Å². The summed E-state index contributed by atoms with van der Waals surface area (Å²) < 4.78 is 8.71. The minimum absolute atomic E-state index is 0.00828. The molecule has 40 heavy (non-hydrogen) atoms. The fourth-order valence-electron chi connectivity index (χ4n) is 5.56. The number of benzene rings is 3. The van der Waals surface area contributed by atoms with Gasteiger partial charge in [0.25, 0.3) is 0 Å². The van der Waals surface area contributed by atoms with Crippen molar-refractivity contribution in [2.75, 3.05) is 0 Å². The van der Waals surface area contributed by atoms with Crippen molar-refractivity contribution in [2.45, 2.75) is 40.0 Å². The topological polar surface area (TPSA) is 56.7 Å². The van der Waals surface area contributed by atoms with E-state index in [1.54, 1.807) is 0 Å². The van der Waals surface area contributed by atoms with E-state index in [-0.39, 0.29) is 5.41 Å². The highest BCUT2D eigenvalue weighted by atomic mass is 16.3. The van der Waals surface area contributed by atoms with Crippen LogP contribution in [0.4, 0.5) is 0 Å². The molecule has 0 saturated carbocycles.